The minimum absolute atomic E-state index is 0.103. The average Bonchev–Trinajstić information content (AvgIpc) is 2.07. The molecule has 0 aliphatic rings. The van der Waals surface area contributed by atoms with Crippen LogP contribution in [0.5, 0.6) is 0 Å². The van der Waals surface area contributed by atoms with Crippen LogP contribution in [0.4, 0.5) is 22.0 Å². The maximum atomic E-state index is 12.7. The molecule has 0 spiro atoms. The summed E-state index contributed by atoms with van der Waals surface area (Å²) in [6.45, 7) is 0. The minimum atomic E-state index is -4.70. The Hall–Kier alpha value is -0.840. The SMILES string of the molecule is Fc1cc(C(F)(F)F)cc(CCl)c1F. The molecular formula is C8H4ClF5. The van der Waals surface area contributed by atoms with E-state index in [1.54, 1.807) is 0 Å². The first-order valence-electron chi connectivity index (χ1n) is 3.47. The van der Waals surface area contributed by atoms with Gasteiger partial charge in [0.25, 0.3) is 0 Å². The highest BCUT2D eigenvalue weighted by Crippen LogP contribution is 2.31. The molecule has 0 saturated carbocycles. The van der Waals surface area contributed by atoms with Gasteiger partial charge < -0.3 is 0 Å². The van der Waals surface area contributed by atoms with E-state index in [0.29, 0.717) is 6.07 Å². The van der Waals surface area contributed by atoms with Crippen molar-refractivity contribution in [1.29, 1.82) is 0 Å². The second kappa shape index (κ2) is 3.73. The van der Waals surface area contributed by atoms with Crippen LogP contribution in [0.2, 0.25) is 0 Å². The van der Waals surface area contributed by atoms with E-state index in [1.165, 1.54) is 0 Å². The highest BCUT2D eigenvalue weighted by Gasteiger charge is 2.32. The van der Waals surface area contributed by atoms with Crippen molar-refractivity contribution in [2.75, 3.05) is 0 Å². The van der Waals surface area contributed by atoms with Gasteiger partial charge in [0.15, 0.2) is 11.6 Å². The lowest BCUT2D eigenvalue weighted by atomic mass is 10.1. The zero-order valence-electron chi connectivity index (χ0n) is 6.63. The topological polar surface area (TPSA) is 0 Å². The molecule has 0 aliphatic heterocycles. The normalized spacial score (nSPS) is 11.9. The number of rotatable bonds is 1. The quantitative estimate of drug-likeness (QED) is 0.509. The van der Waals surface area contributed by atoms with Crippen molar-refractivity contribution in [3.63, 3.8) is 0 Å². The smallest absolute Gasteiger partial charge is 0.204 e. The summed E-state index contributed by atoms with van der Waals surface area (Å²) in [5.74, 6) is -3.39. The van der Waals surface area contributed by atoms with E-state index in [1.807, 2.05) is 0 Å². The molecule has 0 bridgehead atoms. The number of hydrogen-bond acceptors (Lipinski definition) is 0. The lowest BCUT2D eigenvalue weighted by Crippen LogP contribution is -2.07. The molecule has 6 heteroatoms. The summed E-state index contributed by atoms with van der Waals surface area (Å²) in [7, 11) is 0. The number of halogens is 6. The van der Waals surface area contributed by atoms with E-state index in [-0.39, 0.29) is 6.07 Å². The minimum Gasteiger partial charge on any atom is -0.204 e. The second-order valence-corrected chi connectivity index (χ2v) is 2.83. The predicted molar refractivity (Wildman–Crippen MR) is 40.9 cm³/mol. The van der Waals surface area contributed by atoms with Gasteiger partial charge in [0.1, 0.15) is 0 Å². The van der Waals surface area contributed by atoms with Gasteiger partial charge in [-0.25, -0.2) is 8.78 Å². The largest absolute Gasteiger partial charge is 0.416 e. The molecule has 1 rings (SSSR count). The highest BCUT2D eigenvalue weighted by molar-refractivity contribution is 6.17. The molecule has 0 aliphatic carbocycles. The van der Waals surface area contributed by atoms with Crippen LogP contribution in [-0.2, 0) is 12.1 Å². The van der Waals surface area contributed by atoms with E-state index in [9.17, 15) is 22.0 Å². The number of hydrogen-bond donors (Lipinski definition) is 0. The Morgan fingerprint density at radius 3 is 2.14 bits per heavy atom. The fourth-order valence-corrected chi connectivity index (χ4v) is 1.10. The first kappa shape index (κ1) is 11.2. The lowest BCUT2D eigenvalue weighted by Gasteiger charge is -2.08. The fraction of sp³-hybridized carbons (Fsp3) is 0.250. The van der Waals surface area contributed by atoms with Gasteiger partial charge in [-0.15, -0.1) is 11.6 Å². The van der Waals surface area contributed by atoms with Crippen molar-refractivity contribution in [1.82, 2.24) is 0 Å². The fourth-order valence-electron chi connectivity index (χ4n) is 0.907. The van der Waals surface area contributed by atoms with Gasteiger partial charge in [-0.05, 0) is 12.1 Å². The van der Waals surface area contributed by atoms with E-state index in [2.05, 4.69) is 0 Å². The number of alkyl halides is 4. The van der Waals surface area contributed by atoms with Gasteiger partial charge in [-0.3, -0.25) is 0 Å². The summed E-state index contributed by atoms with van der Waals surface area (Å²) < 4.78 is 61.6. The monoisotopic (exact) mass is 230 g/mol. The predicted octanol–water partition coefficient (Wildman–Crippen LogP) is 3.72. The van der Waals surface area contributed by atoms with Gasteiger partial charge in [0, 0.05) is 5.56 Å². The molecule has 0 N–H and O–H groups in total. The zero-order chi connectivity index (χ0) is 10.9. The molecule has 1 aromatic rings. The second-order valence-electron chi connectivity index (χ2n) is 2.56. The van der Waals surface area contributed by atoms with Crippen molar-refractivity contribution in [2.45, 2.75) is 12.1 Å². The van der Waals surface area contributed by atoms with Crippen molar-refractivity contribution < 1.29 is 22.0 Å². The Labute approximate surface area is 81.3 Å². The van der Waals surface area contributed by atoms with Crippen LogP contribution in [0.15, 0.2) is 12.1 Å². The van der Waals surface area contributed by atoms with Crippen LogP contribution in [0, 0.1) is 11.6 Å². The van der Waals surface area contributed by atoms with Crippen LogP contribution >= 0.6 is 11.6 Å². The number of benzene rings is 1. The maximum absolute atomic E-state index is 12.7. The van der Waals surface area contributed by atoms with Crippen molar-refractivity contribution in [2.24, 2.45) is 0 Å². The molecule has 1 aromatic carbocycles. The third-order valence-corrected chi connectivity index (χ3v) is 1.86. The van der Waals surface area contributed by atoms with Crippen LogP contribution in [0.1, 0.15) is 11.1 Å². The molecule has 0 atom stereocenters. The molecule has 0 amide bonds. The standard InChI is InChI=1S/C8H4ClF5/c9-3-4-1-5(8(12,13)14)2-6(10)7(4)11/h1-2H,3H2. The first-order valence-corrected chi connectivity index (χ1v) is 4.00. The van der Waals surface area contributed by atoms with Crippen molar-refractivity contribution in [3.05, 3.63) is 34.9 Å². The molecule has 0 heterocycles. The van der Waals surface area contributed by atoms with Crippen LogP contribution < -0.4 is 0 Å². The van der Waals surface area contributed by atoms with E-state index >= 15 is 0 Å². The van der Waals surface area contributed by atoms with Gasteiger partial charge in [0.2, 0.25) is 0 Å². The van der Waals surface area contributed by atoms with Crippen LogP contribution in [0.3, 0.4) is 0 Å². The molecule has 14 heavy (non-hydrogen) atoms. The average molecular weight is 231 g/mol. The molecule has 0 unspecified atom stereocenters. The maximum Gasteiger partial charge on any atom is 0.416 e. The van der Waals surface area contributed by atoms with Crippen molar-refractivity contribution in [3.8, 4) is 0 Å². The van der Waals surface area contributed by atoms with Crippen molar-refractivity contribution >= 4 is 11.6 Å². The summed E-state index contributed by atoms with van der Waals surface area (Å²) in [6, 6.07) is 0.594. The Balaban J connectivity index is 3.30. The summed E-state index contributed by atoms with van der Waals surface area (Å²) in [5, 5.41) is 0. The molecular weight excluding hydrogens is 227 g/mol. The third-order valence-electron chi connectivity index (χ3n) is 1.57. The van der Waals surface area contributed by atoms with Gasteiger partial charge in [0.05, 0.1) is 11.4 Å². The molecule has 0 fully saturated rings. The summed E-state index contributed by atoms with van der Waals surface area (Å²) in [5.41, 5.74) is -1.74. The Morgan fingerprint density at radius 1 is 1.14 bits per heavy atom. The van der Waals surface area contributed by atoms with E-state index in [0.717, 1.165) is 0 Å². The Kier molecular flexibility index (Phi) is 2.99. The van der Waals surface area contributed by atoms with Gasteiger partial charge in [-0.2, -0.15) is 13.2 Å². The summed E-state index contributed by atoms with van der Waals surface area (Å²) in [4.78, 5) is 0. The van der Waals surface area contributed by atoms with Crippen LogP contribution in [-0.4, -0.2) is 0 Å². The summed E-state index contributed by atoms with van der Waals surface area (Å²) >= 11 is 5.15. The Bertz CT molecular complexity index is 344. The lowest BCUT2D eigenvalue weighted by molar-refractivity contribution is -0.137. The van der Waals surface area contributed by atoms with Gasteiger partial charge in [-0.1, -0.05) is 0 Å². The molecule has 0 saturated heterocycles. The molecule has 0 nitrogen and oxygen atoms in total. The molecule has 78 valence electrons. The first-order chi connectivity index (χ1) is 6.36. The third kappa shape index (κ3) is 2.15. The molecule has 0 radical (unpaired) electrons. The van der Waals surface area contributed by atoms with Crippen LogP contribution in [0.25, 0.3) is 0 Å². The van der Waals surface area contributed by atoms with E-state index < -0.39 is 34.8 Å². The van der Waals surface area contributed by atoms with Gasteiger partial charge >= 0.3 is 6.18 Å². The summed E-state index contributed by atoms with van der Waals surface area (Å²) in [6.07, 6.45) is -4.70. The van der Waals surface area contributed by atoms with E-state index in [4.69, 9.17) is 11.6 Å². The molecule has 0 aromatic heterocycles. The Morgan fingerprint density at radius 2 is 1.71 bits per heavy atom. The highest BCUT2D eigenvalue weighted by atomic mass is 35.5. The zero-order valence-corrected chi connectivity index (χ0v) is 7.39.